The number of hydrogen-bond donors (Lipinski definition) is 2. The number of piperidine rings is 1. The van der Waals surface area contributed by atoms with Gasteiger partial charge >= 0.3 is 0 Å². The van der Waals surface area contributed by atoms with Gasteiger partial charge < -0.3 is 15.4 Å². The molecule has 2 heterocycles. The van der Waals surface area contributed by atoms with Gasteiger partial charge in [-0.25, -0.2) is 8.42 Å². The summed E-state index contributed by atoms with van der Waals surface area (Å²) in [5.74, 6) is -0.0858. The lowest BCUT2D eigenvalue weighted by Gasteiger charge is -2.32. The summed E-state index contributed by atoms with van der Waals surface area (Å²) < 4.78 is 33.0. The lowest BCUT2D eigenvalue weighted by atomic mass is 10.1. The molecule has 2 aliphatic heterocycles. The van der Waals surface area contributed by atoms with E-state index in [9.17, 15) is 18.0 Å². The highest BCUT2D eigenvalue weighted by atomic mass is 35.5. The SMILES string of the molecule is O=C1COc2cc(S(=O)(=O)N3CCC(NC(=O)CCc4ccccc4)CC3)c(Cl)cc2N1. The maximum atomic E-state index is 13.2. The van der Waals surface area contributed by atoms with E-state index >= 15 is 0 Å². The van der Waals surface area contributed by atoms with Gasteiger partial charge in [0.25, 0.3) is 5.91 Å². The van der Waals surface area contributed by atoms with Crippen molar-refractivity contribution in [2.24, 2.45) is 0 Å². The van der Waals surface area contributed by atoms with E-state index in [0.29, 0.717) is 31.4 Å². The first-order valence-corrected chi connectivity index (χ1v) is 12.2. The van der Waals surface area contributed by atoms with Crippen LogP contribution in [0, 0.1) is 0 Å². The Balaban J connectivity index is 1.34. The molecule has 0 aromatic heterocycles. The first-order valence-electron chi connectivity index (χ1n) is 10.4. The van der Waals surface area contributed by atoms with Gasteiger partial charge in [0.15, 0.2) is 6.61 Å². The number of amides is 2. The van der Waals surface area contributed by atoms with Crippen molar-refractivity contribution in [1.82, 2.24) is 9.62 Å². The molecule has 8 nitrogen and oxygen atoms in total. The average molecular weight is 478 g/mol. The summed E-state index contributed by atoms with van der Waals surface area (Å²) in [6, 6.07) is 12.5. The fraction of sp³-hybridized carbons (Fsp3) is 0.364. The fourth-order valence-corrected chi connectivity index (χ4v) is 5.85. The van der Waals surface area contributed by atoms with Gasteiger partial charge in [0.1, 0.15) is 10.6 Å². The monoisotopic (exact) mass is 477 g/mol. The number of anilines is 1. The van der Waals surface area contributed by atoms with Crippen LogP contribution >= 0.6 is 11.6 Å². The summed E-state index contributed by atoms with van der Waals surface area (Å²) in [4.78, 5) is 23.7. The van der Waals surface area contributed by atoms with E-state index in [1.807, 2.05) is 30.3 Å². The molecule has 0 atom stereocenters. The van der Waals surface area contributed by atoms with Gasteiger partial charge in [0, 0.05) is 31.6 Å². The van der Waals surface area contributed by atoms with Crippen molar-refractivity contribution in [3.63, 3.8) is 0 Å². The molecule has 1 saturated heterocycles. The zero-order valence-electron chi connectivity index (χ0n) is 17.3. The standard InChI is InChI=1S/C22H24ClN3O5S/c23-17-12-18-19(31-14-22(28)25-18)13-20(17)32(29,30)26-10-8-16(9-11-26)24-21(27)7-6-15-4-2-1-3-5-15/h1-5,12-13,16H,6-11,14H2,(H,24,27)(H,25,28). The second-order valence-electron chi connectivity index (χ2n) is 7.85. The summed E-state index contributed by atoms with van der Waals surface area (Å²) in [6.07, 6.45) is 2.10. The molecule has 0 bridgehead atoms. The third kappa shape index (κ3) is 5.06. The van der Waals surface area contributed by atoms with E-state index in [1.165, 1.54) is 16.4 Å². The molecule has 170 valence electrons. The minimum Gasteiger partial charge on any atom is -0.482 e. The molecule has 2 aliphatic rings. The summed E-state index contributed by atoms with van der Waals surface area (Å²) in [7, 11) is -3.84. The molecule has 0 radical (unpaired) electrons. The lowest BCUT2D eigenvalue weighted by molar-refractivity contribution is -0.122. The van der Waals surface area contributed by atoms with Gasteiger partial charge in [-0.05, 0) is 30.9 Å². The zero-order valence-corrected chi connectivity index (χ0v) is 18.9. The van der Waals surface area contributed by atoms with Gasteiger partial charge in [0.05, 0.1) is 10.7 Å². The van der Waals surface area contributed by atoms with Crippen LogP contribution in [-0.4, -0.2) is 50.3 Å². The number of ether oxygens (including phenoxy) is 1. The Morgan fingerprint density at radius 3 is 2.62 bits per heavy atom. The number of nitrogens with one attached hydrogen (secondary N) is 2. The number of carbonyl (C=O) groups excluding carboxylic acids is 2. The molecule has 1 fully saturated rings. The molecule has 4 rings (SSSR count). The summed E-state index contributed by atoms with van der Waals surface area (Å²) in [6.45, 7) is 0.372. The number of rotatable bonds is 6. The van der Waals surface area contributed by atoms with Crippen molar-refractivity contribution in [2.45, 2.75) is 36.6 Å². The highest BCUT2D eigenvalue weighted by Crippen LogP contribution is 2.37. The molecule has 2 N–H and O–H groups in total. The maximum absolute atomic E-state index is 13.2. The molecule has 2 aromatic carbocycles. The Bertz CT molecular complexity index is 1120. The molecule has 0 aliphatic carbocycles. The average Bonchev–Trinajstić information content (AvgIpc) is 2.78. The van der Waals surface area contributed by atoms with E-state index in [1.54, 1.807) is 0 Å². The number of benzene rings is 2. The molecule has 32 heavy (non-hydrogen) atoms. The Hall–Kier alpha value is -2.62. The van der Waals surface area contributed by atoms with Gasteiger partial charge in [-0.15, -0.1) is 0 Å². The minimum atomic E-state index is -3.84. The van der Waals surface area contributed by atoms with Crippen LogP contribution in [0.25, 0.3) is 0 Å². The van der Waals surface area contributed by atoms with Crippen LogP contribution in [0.5, 0.6) is 5.75 Å². The predicted molar refractivity (Wildman–Crippen MR) is 120 cm³/mol. The summed E-state index contributed by atoms with van der Waals surface area (Å²) in [5, 5.41) is 5.64. The Morgan fingerprint density at radius 1 is 1.19 bits per heavy atom. The normalized spacial score (nSPS) is 17.2. The summed E-state index contributed by atoms with van der Waals surface area (Å²) in [5.41, 5.74) is 1.45. The highest BCUT2D eigenvalue weighted by molar-refractivity contribution is 7.89. The van der Waals surface area contributed by atoms with Crippen LogP contribution < -0.4 is 15.4 Å². The lowest BCUT2D eigenvalue weighted by Crippen LogP contribution is -2.46. The Labute approximate surface area is 191 Å². The van der Waals surface area contributed by atoms with E-state index in [0.717, 1.165) is 5.56 Å². The molecule has 10 heteroatoms. The van der Waals surface area contributed by atoms with Crippen molar-refractivity contribution in [3.05, 3.63) is 53.1 Å². The number of sulfonamides is 1. The van der Waals surface area contributed by atoms with Gasteiger partial charge in [-0.3, -0.25) is 9.59 Å². The highest BCUT2D eigenvalue weighted by Gasteiger charge is 2.33. The smallest absolute Gasteiger partial charge is 0.262 e. The van der Waals surface area contributed by atoms with Crippen molar-refractivity contribution in [1.29, 1.82) is 0 Å². The second-order valence-corrected chi connectivity index (χ2v) is 10.2. The number of fused-ring (bicyclic) bond motifs is 1. The number of carbonyl (C=O) groups is 2. The molecular formula is C22H24ClN3O5S. The van der Waals surface area contributed by atoms with Crippen LogP contribution in [0.3, 0.4) is 0 Å². The van der Waals surface area contributed by atoms with Crippen LogP contribution in [0.4, 0.5) is 5.69 Å². The van der Waals surface area contributed by atoms with E-state index in [2.05, 4.69) is 10.6 Å². The van der Waals surface area contributed by atoms with Crippen LogP contribution in [-0.2, 0) is 26.0 Å². The number of halogens is 1. The van der Waals surface area contributed by atoms with E-state index in [-0.39, 0.29) is 53.2 Å². The molecule has 0 unspecified atom stereocenters. The van der Waals surface area contributed by atoms with E-state index < -0.39 is 10.0 Å². The minimum absolute atomic E-state index is 0.0193. The van der Waals surface area contributed by atoms with E-state index in [4.69, 9.17) is 16.3 Å². The number of nitrogens with zero attached hydrogens (tertiary/aromatic N) is 1. The van der Waals surface area contributed by atoms with Crippen LogP contribution in [0.1, 0.15) is 24.8 Å². The zero-order chi connectivity index (χ0) is 22.7. The molecule has 0 spiro atoms. The third-order valence-corrected chi connectivity index (χ3v) is 7.95. The number of hydrogen-bond acceptors (Lipinski definition) is 5. The van der Waals surface area contributed by atoms with Crippen molar-refractivity contribution >= 4 is 39.1 Å². The van der Waals surface area contributed by atoms with Crippen molar-refractivity contribution in [3.8, 4) is 5.75 Å². The first-order chi connectivity index (χ1) is 15.3. The Morgan fingerprint density at radius 2 is 1.91 bits per heavy atom. The predicted octanol–water partition coefficient (Wildman–Crippen LogP) is 2.57. The summed E-state index contributed by atoms with van der Waals surface area (Å²) >= 11 is 6.23. The first kappa shape index (κ1) is 22.6. The molecule has 2 amide bonds. The van der Waals surface area contributed by atoms with Gasteiger partial charge in [-0.2, -0.15) is 4.31 Å². The third-order valence-electron chi connectivity index (χ3n) is 5.59. The Kier molecular flexibility index (Phi) is 6.68. The fourth-order valence-electron chi connectivity index (χ4n) is 3.86. The number of aryl methyl sites for hydroxylation is 1. The van der Waals surface area contributed by atoms with Crippen LogP contribution in [0.15, 0.2) is 47.4 Å². The van der Waals surface area contributed by atoms with Crippen molar-refractivity contribution < 1.29 is 22.7 Å². The van der Waals surface area contributed by atoms with Crippen molar-refractivity contribution in [2.75, 3.05) is 25.0 Å². The van der Waals surface area contributed by atoms with Gasteiger partial charge in [-0.1, -0.05) is 41.9 Å². The molecule has 2 aromatic rings. The largest absolute Gasteiger partial charge is 0.482 e. The maximum Gasteiger partial charge on any atom is 0.262 e. The second kappa shape index (κ2) is 9.48. The molecule has 0 saturated carbocycles. The molecular weight excluding hydrogens is 454 g/mol. The topological polar surface area (TPSA) is 105 Å². The van der Waals surface area contributed by atoms with Gasteiger partial charge in [0.2, 0.25) is 15.9 Å². The van der Waals surface area contributed by atoms with Crippen LogP contribution in [0.2, 0.25) is 5.02 Å². The quantitative estimate of drug-likeness (QED) is 0.665.